The first-order valence-electron chi connectivity index (χ1n) is 7.86. The van der Waals surface area contributed by atoms with Crippen LogP contribution in [0.3, 0.4) is 0 Å². The standard InChI is InChI=1S/C18H25NO4/c1-12-5-7-14(9-12)19-17(20)8-6-13-10-15(21-2)18(23-4)16(11-13)22-3/h6,8,10-12,14H,5,7,9H2,1-4H3,(H,19,20)/b8-6+. The number of carbonyl (C=O) groups excluding carboxylic acids is 1. The fraction of sp³-hybridized carbons (Fsp3) is 0.500. The van der Waals surface area contributed by atoms with Crippen molar-refractivity contribution in [3.8, 4) is 17.2 Å². The van der Waals surface area contributed by atoms with Crippen LogP contribution in [0.25, 0.3) is 6.08 Å². The first-order valence-corrected chi connectivity index (χ1v) is 7.86. The number of nitrogens with one attached hydrogen (secondary N) is 1. The Labute approximate surface area is 137 Å². The van der Waals surface area contributed by atoms with E-state index >= 15 is 0 Å². The summed E-state index contributed by atoms with van der Waals surface area (Å²) in [6.45, 7) is 2.22. The number of hydrogen-bond acceptors (Lipinski definition) is 4. The van der Waals surface area contributed by atoms with Crippen molar-refractivity contribution >= 4 is 12.0 Å². The van der Waals surface area contributed by atoms with Crippen molar-refractivity contribution < 1.29 is 19.0 Å². The van der Waals surface area contributed by atoms with Crippen LogP contribution in [0.1, 0.15) is 31.7 Å². The molecular weight excluding hydrogens is 294 g/mol. The summed E-state index contributed by atoms with van der Waals surface area (Å²) < 4.78 is 15.9. The van der Waals surface area contributed by atoms with Gasteiger partial charge in [0.25, 0.3) is 0 Å². The summed E-state index contributed by atoms with van der Waals surface area (Å²) in [6.07, 6.45) is 6.60. The van der Waals surface area contributed by atoms with E-state index in [9.17, 15) is 4.79 Å². The summed E-state index contributed by atoms with van der Waals surface area (Å²) in [5.74, 6) is 2.29. The summed E-state index contributed by atoms with van der Waals surface area (Å²) in [4.78, 5) is 12.0. The third-order valence-electron chi connectivity index (χ3n) is 4.16. The van der Waals surface area contributed by atoms with Crippen LogP contribution in [-0.4, -0.2) is 33.3 Å². The fourth-order valence-corrected chi connectivity index (χ4v) is 2.96. The molecule has 2 atom stereocenters. The van der Waals surface area contributed by atoms with Gasteiger partial charge in [-0.2, -0.15) is 0 Å². The van der Waals surface area contributed by atoms with Crippen LogP contribution in [-0.2, 0) is 4.79 Å². The van der Waals surface area contributed by atoms with E-state index in [1.165, 1.54) is 6.42 Å². The van der Waals surface area contributed by atoms with Crippen molar-refractivity contribution in [1.29, 1.82) is 0 Å². The molecule has 5 nitrogen and oxygen atoms in total. The highest BCUT2D eigenvalue weighted by Crippen LogP contribution is 2.38. The third kappa shape index (κ3) is 4.41. The van der Waals surface area contributed by atoms with E-state index in [1.807, 2.05) is 12.1 Å². The Balaban J connectivity index is 2.08. The van der Waals surface area contributed by atoms with Crippen LogP contribution >= 0.6 is 0 Å². The van der Waals surface area contributed by atoms with Gasteiger partial charge in [-0.3, -0.25) is 4.79 Å². The number of hydrogen-bond donors (Lipinski definition) is 1. The second-order valence-corrected chi connectivity index (χ2v) is 5.92. The van der Waals surface area contributed by atoms with Gasteiger partial charge in [-0.05, 0) is 49.0 Å². The average molecular weight is 319 g/mol. The predicted octanol–water partition coefficient (Wildman–Crippen LogP) is 3.03. The van der Waals surface area contributed by atoms with Gasteiger partial charge in [0.1, 0.15) is 0 Å². The first-order chi connectivity index (χ1) is 11.1. The molecule has 2 unspecified atom stereocenters. The number of carbonyl (C=O) groups is 1. The Bertz CT molecular complexity index is 557. The van der Waals surface area contributed by atoms with Crippen LogP contribution in [0.2, 0.25) is 0 Å². The Hall–Kier alpha value is -2.17. The van der Waals surface area contributed by atoms with Gasteiger partial charge in [-0.15, -0.1) is 0 Å². The molecule has 126 valence electrons. The summed E-state index contributed by atoms with van der Waals surface area (Å²) >= 11 is 0. The maximum absolute atomic E-state index is 12.0. The fourth-order valence-electron chi connectivity index (χ4n) is 2.96. The van der Waals surface area contributed by atoms with E-state index in [1.54, 1.807) is 33.5 Å². The van der Waals surface area contributed by atoms with Gasteiger partial charge < -0.3 is 19.5 Å². The van der Waals surface area contributed by atoms with Crippen molar-refractivity contribution in [1.82, 2.24) is 5.32 Å². The summed E-state index contributed by atoms with van der Waals surface area (Å²) in [7, 11) is 4.70. The van der Waals surface area contributed by atoms with E-state index in [-0.39, 0.29) is 5.91 Å². The van der Waals surface area contributed by atoms with E-state index in [2.05, 4.69) is 12.2 Å². The molecule has 0 spiro atoms. The minimum Gasteiger partial charge on any atom is -0.493 e. The maximum Gasteiger partial charge on any atom is 0.244 e. The molecule has 0 heterocycles. The van der Waals surface area contributed by atoms with E-state index in [4.69, 9.17) is 14.2 Å². The zero-order valence-corrected chi connectivity index (χ0v) is 14.2. The molecule has 5 heteroatoms. The number of ether oxygens (including phenoxy) is 3. The minimum atomic E-state index is -0.0714. The molecule has 1 aromatic carbocycles. The lowest BCUT2D eigenvalue weighted by Crippen LogP contribution is -2.31. The SMILES string of the molecule is COc1cc(/C=C/C(=O)NC2CCC(C)C2)cc(OC)c1OC. The highest BCUT2D eigenvalue weighted by atomic mass is 16.5. The van der Waals surface area contributed by atoms with Crippen LogP contribution in [0.5, 0.6) is 17.2 Å². The summed E-state index contributed by atoms with van der Waals surface area (Å²) in [5, 5.41) is 3.05. The molecule has 2 rings (SSSR count). The van der Waals surface area contributed by atoms with E-state index < -0.39 is 0 Å². The molecule has 1 fully saturated rings. The highest BCUT2D eigenvalue weighted by Gasteiger charge is 2.21. The molecule has 0 radical (unpaired) electrons. The van der Waals surface area contributed by atoms with Gasteiger partial charge in [0, 0.05) is 12.1 Å². The molecule has 0 aliphatic heterocycles. The van der Waals surface area contributed by atoms with Crippen molar-refractivity contribution in [3.63, 3.8) is 0 Å². The monoisotopic (exact) mass is 319 g/mol. The number of amides is 1. The van der Waals surface area contributed by atoms with Gasteiger partial charge in [-0.25, -0.2) is 0 Å². The zero-order valence-electron chi connectivity index (χ0n) is 14.2. The molecule has 0 bridgehead atoms. The zero-order chi connectivity index (χ0) is 16.8. The second kappa shape index (κ2) is 7.90. The molecule has 1 amide bonds. The third-order valence-corrected chi connectivity index (χ3v) is 4.16. The van der Waals surface area contributed by atoms with Crippen LogP contribution in [0.15, 0.2) is 18.2 Å². The van der Waals surface area contributed by atoms with Crippen LogP contribution < -0.4 is 19.5 Å². The second-order valence-electron chi connectivity index (χ2n) is 5.92. The quantitative estimate of drug-likeness (QED) is 0.819. The maximum atomic E-state index is 12.0. The predicted molar refractivity (Wildman–Crippen MR) is 90.1 cm³/mol. The molecular formula is C18H25NO4. The molecule has 0 saturated heterocycles. The van der Waals surface area contributed by atoms with Gasteiger partial charge in [0.15, 0.2) is 11.5 Å². The molecule has 1 aliphatic rings. The summed E-state index contributed by atoms with van der Waals surface area (Å²) in [5.41, 5.74) is 0.814. The van der Waals surface area contributed by atoms with Gasteiger partial charge in [-0.1, -0.05) is 6.92 Å². The Morgan fingerprint density at radius 1 is 1.13 bits per heavy atom. The average Bonchev–Trinajstić information content (AvgIpc) is 2.96. The van der Waals surface area contributed by atoms with Crippen molar-refractivity contribution in [2.75, 3.05) is 21.3 Å². The lowest BCUT2D eigenvalue weighted by molar-refractivity contribution is -0.117. The van der Waals surface area contributed by atoms with Crippen molar-refractivity contribution in [3.05, 3.63) is 23.8 Å². The molecule has 1 N–H and O–H groups in total. The number of benzene rings is 1. The Kier molecular flexibility index (Phi) is 5.90. The summed E-state index contributed by atoms with van der Waals surface area (Å²) in [6, 6.07) is 3.91. The number of methoxy groups -OCH3 is 3. The Morgan fingerprint density at radius 2 is 1.78 bits per heavy atom. The van der Waals surface area contributed by atoms with Gasteiger partial charge in [0.2, 0.25) is 11.7 Å². The largest absolute Gasteiger partial charge is 0.493 e. The molecule has 1 aliphatic carbocycles. The first kappa shape index (κ1) is 17.2. The molecule has 1 aromatic rings. The van der Waals surface area contributed by atoms with Gasteiger partial charge >= 0.3 is 0 Å². The highest BCUT2D eigenvalue weighted by molar-refractivity contribution is 5.92. The van der Waals surface area contributed by atoms with E-state index in [0.717, 1.165) is 18.4 Å². The molecule has 0 aromatic heterocycles. The van der Waals surface area contributed by atoms with Crippen molar-refractivity contribution in [2.45, 2.75) is 32.2 Å². The minimum absolute atomic E-state index is 0.0714. The van der Waals surface area contributed by atoms with E-state index in [0.29, 0.717) is 29.2 Å². The topological polar surface area (TPSA) is 56.8 Å². The van der Waals surface area contributed by atoms with Crippen LogP contribution in [0.4, 0.5) is 0 Å². The van der Waals surface area contributed by atoms with Crippen molar-refractivity contribution in [2.24, 2.45) is 5.92 Å². The lowest BCUT2D eigenvalue weighted by atomic mass is 10.1. The molecule has 23 heavy (non-hydrogen) atoms. The lowest BCUT2D eigenvalue weighted by Gasteiger charge is -2.13. The normalized spacial score (nSPS) is 20.5. The van der Waals surface area contributed by atoms with Gasteiger partial charge in [0.05, 0.1) is 21.3 Å². The van der Waals surface area contributed by atoms with Crippen LogP contribution in [0, 0.1) is 5.92 Å². The Morgan fingerprint density at radius 3 is 2.26 bits per heavy atom. The molecule has 1 saturated carbocycles. The smallest absolute Gasteiger partial charge is 0.244 e. The number of rotatable bonds is 6.